The lowest BCUT2D eigenvalue weighted by Crippen LogP contribution is -1.98. The standard InChI is InChI=1S/C12H12N2O4/c1-8-13-14-12(18-8)7-17-10-4-3-9(6-15)5-11(10)16-2/h3-6H,7H2,1-2H3. The maximum Gasteiger partial charge on any atom is 0.253 e. The number of ether oxygens (including phenoxy) is 2. The number of benzene rings is 1. The fourth-order valence-corrected chi connectivity index (χ4v) is 1.41. The van der Waals surface area contributed by atoms with Gasteiger partial charge in [-0.15, -0.1) is 10.2 Å². The van der Waals surface area contributed by atoms with E-state index in [0.29, 0.717) is 28.8 Å². The second-order valence-corrected chi connectivity index (χ2v) is 3.53. The highest BCUT2D eigenvalue weighted by molar-refractivity contribution is 5.76. The summed E-state index contributed by atoms with van der Waals surface area (Å²) in [5.41, 5.74) is 0.521. The average molecular weight is 248 g/mol. The molecule has 0 aliphatic carbocycles. The Kier molecular flexibility index (Phi) is 3.57. The Morgan fingerprint density at radius 2 is 2.17 bits per heavy atom. The fraction of sp³-hybridized carbons (Fsp3) is 0.250. The molecule has 1 heterocycles. The van der Waals surface area contributed by atoms with Gasteiger partial charge in [-0.3, -0.25) is 4.79 Å². The molecule has 0 atom stereocenters. The molecule has 0 aliphatic heterocycles. The molecule has 0 bridgehead atoms. The SMILES string of the molecule is COc1cc(C=O)ccc1OCc1nnc(C)o1. The Morgan fingerprint density at radius 1 is 1.33 bits per heavy atom. The van der Waals surface area contributed by atoms with Crippen molar-refractivity contribution in [3.8, 4) is 11.5 Å². The van der Waals surface area contributed by atoms with E-state index in [1.807, 2.05) is 0 Å². The predicted octanol–water partition coefficient (Wildman–Crippen LogP) is 1.78. The third-order valence-corrected chi connectivity index (χ3v) is 2.24. The highest BCUT2D eigenvalue weighted by Crippen LogP contribution is 2.28. The highest BCUT2D eigenvalue weighted by Gasteiger charge is 2.08. The second-order valence-electron chi connectivity index (χ2n) is 3.53. The molecule has 18 heavy (non-hydrogen) atoms. The minimum absolute atomic E-state index is 0.150. The molecule has 1 aromatic heterocycles. The first kappa shape index (κ1) is 12.1. The molecule has 0 N–H and O–H groups in total. The molecule has 0 spiro atoms. The molecule has 0 fully saturated rings. The van der Waals surface area contributed by atoms with Gasteiger partial charge in [0.05, 0.1) is 7.11 Å². The van der Waals surface area contributed by atoms with Gasteiger partial charge in [0.1, 0.15) is 6.29 Å². The minimum atomic E-state index is 0.150. The van der Waals surface area contributed by atoms with E-state index in [1.54, 1.807) is 25.1 Å². The zero-order chi connectivity index (χ0) is 13.0. The van der Waals surface area contributed by atoms with Crippen LogP contribution in [0.15, 0.2) is 22.6 Å². The van der Waals surface area contributed by atoms with E-state index >= 15 is 0 Å². The maximum absolute atomic E-state index is 10.6. The minimum Gasteiger partial charge on any atom is -0.493 e. The third-order valence-electron chi connectivity index (χ3n) is 2.24. The Hall–Kier alpha value is -2.37. The molecule has 0 saturated carbocycles. The average Bonchev–Trinajstić information content (AvgIpc) is 2.82. The van der Waals surface area contributed by atoms with Gasteiger partial charge in [0.25, 0.3) is 5.89 Å². The summed E-state index contributed by atoms with van der Waals surface area (Å²) >= 11 is 0. The molecule has 2 aromatic rings. The van der Waals surface area contributed by atoms with Crippen molar-refractivity contribution >= 4 is 6.29 Å². The van der Waals surface area contributed by atoms with Gasteiger partial charge in [-0.2, -0.15) is 0 Å². The molecule has 0 radical (unpaired) electrons. The molecule has 6 heteroatoms. The van der Waals surface area contributed by atoms with Crippen LogP contribution in [0.2, 0.25) is 0 Å². The van der Waals surface area contributed by atoms with Crippen molar-refractivity contribution in [1.82, 2.24) is 10.2 Å². The summed E-state index contributed by atoms with van der Waals surface area (Å²) in [5, 5.41) is 7.51. The van der Waals surface area contributed by atoms with E-state index in [4.69, 9.17) is 13.9 Å². The van der Waals surface area contributed by atoms with Crippen molar-refractivity contribution in [2.75, 3.05) is 7.11 Å². The van der Waals surface area contributed by atoms with Crippen LogP contribution in [0.25, 0.3) is 0 Å². The Balaban J connectivity index is 2.11. The molecule has 0 aliphatic rings. The lowest BCUT2D eigenvalue weighted by atomic mass is 10.2. The number of rotatable bonds is 5. The van der Waals surface area contributed by atoms with E-state index in [0.717, 1.165) is 6.29 Å². The molecule has 0 amide bonds. The number of nitrogens with zero attached hydrogens (tertiary/aromatic N) is 2. The molecular formula is C12H12N2O4. The number of hydrogen-bond acceptors (Lipinski definition) is 6. The summed E-state index contributed by atoms with van der Waals surface area (Å²) in [4.78, 5) is 10.6. The van der Waals surface area contributed by atoms with Crippen LogP contribution in [0.4, 0.5) is 0 Å². The zero-order valence-electron chi connectivity index (χ0n) is 10.0. The number of carbonyl (C=O) groups is 1. The van der Waals surface area contributed by atoms with Gasteiger partial charge in [0.15, 0.2) is 18.1 Å². The second kappa shape index (κ2) is 5.31. The van der Waals surface area contributed by atoms with E-state index in [2.05, 4.69) is 10.2 Å². The van der Waals surface area contributed by atoms with Crippen LogP contribution in [0.5, 0.6) is 11.5 Å². The van der Waals surface area contributed by atoms with Crippen LogP contribution in [0.3, 0.4) is 0 Å². The van der Waals surface area contributed by atoms with E-state index in [9.17, 15) is 4.79 Å². The van der Waals surface area contributed by atoms with Crippen LogP contribution in [-0.4, -0.2) is 23.6 Å². The van der Waals surface area contributed by atoms with Gasteiger partial charge in [-0.05, 0) is 18.2 Å². The topological polar surface area (TPSA) is 74.5 Å². The van der Waals surface area contributed by atoms with Crippen LogP contribution in [0, 0.1) is 6.92 Å². The van der Waals surface area contributed by atoms with Crippen molar-refractivity contribution in [2.45, 2.75) is 13.5 Å². The van der Waals surface area contributed by atoms with Crippen LogP contribution < -0.4 is 9.47 Å². The van der Waals surface area contributed by atoms with Crippen LogP contribution in [0.1, 0.15) is 22.1 Å². The third kappa shape index (κ3) is 2.65. The van der Waals surface area contributed by atoms with Gasteiger partial charge in [-0.1, -0.05) is 0 Å². The van der Waals surface area contributed by atoms with Crippen molar-refractivity contribution < 1.29 is 18.7 Å². The first-order chi connectivity index (χ1) is 8.72. The Morgan fingerprint density at radius 3 is 2.78 bits per heavy atom. The Labute approximate surface area is 104 Å². The summed E-state index contributed by atoms with van der Waals surface area (Å²) in [6, 6.07) is 4.90. The number of aldehydes is 1. The number of methoxy groups -OCH3 is 1. The molecule has 0 unspecified atom stereocenters. The van der Waals surface area contributed by atoms with Crippen molar-refractivity contribution in [3.05, 3.63) is 35.5 Å². The predicted molar refractivity (Wildman–Crippen MR) is 61.7 cm³/mol. The smallest absolute Gasteiger partial charge is 0.253 e. The number of aromatic nitrogens is 2. The summed E-state index contributed by atoms with van der Waals surface area (Å²) in [6.45, 7) is 1.85. The number of carbonyl (C=O) groups excluding carboxylic acids is 1. The van der Waals surface area contributed by atoms with Gasteiger partial charge in [-0.25, -0.2) is 0 Å². The van der Waals surface area contributed by atoms with E-state index in [-0.39, 0.29) is 6.61 Å². The summed E-state index contributed by atoms with van der Waals surface area (Å²) < 4.78 is 15.8. The first-order valence-corrected chi connectivity index (χ1v) is 5.28. The van der Waals surface area contributed by atoms with Gasteiger partial charge in [0, 0.05) is 12.5 Å². The van der Waals surface area contributed by atoms with Gasteiger partial charge < -0.3 is 13.9 Å². The number of hydrogen-bond donors (Lipinski definition) is 0. The Bertz CT molecular complexity index is 551. The number of aryl methyl sites for hydroxylation is 1. The largest absolute Gasteiger partial charge is 0.493 e. The van der Waals surface area contributed by atoms with E-state index < -0.39 is 0 Å². The summed E-state index contributed by atoms with van der Waals surface area (Å²) in [5.74, 6) is 1.86. The van der Waals surface area contributed by atoms with Gasteiger partial charge >= 0.3 is 0 Å². The highest BCUT2D eigenvalue weighted by atomic mass is 16.5. The van der Waals surface area contributed by atoms with E-state index in [1.165, 1.54) is 7.11 Å². The quantitative estimate of drug-likeness (QED) is 0.751. The van der Waals surface area contributed by atoms with Crippen molar-refractivity contribution in [3.63, 3.8) is 0 Å². The maximum atomic E-state index is 10.6. The molecule has 1 aromatic carbocycles. The molecule has 0 saturated heterocycles. The molecule has 2 rings (SSSR count). The normalized spacial score (nSPS) is 10.1. The van der Waals surface area contributed by atoms with Crippen LogP contribution >= 0.6 is 0 Å². The molecule has 6 nitrogen and oxygen atoms in total. The van der Waals surface area contributed by atoms with Crippen molar-refractivity contribution in [1.29, 1.82) is 0 Å². The monoisotopic (exact) mass is 248 g/mol. The van der Waals surface area contributed by atoms with Crippen LogP contribution in [-0.2, 0) is 6.61 Å². The lowest BCUT2D eigenvalue weighted by Gasteiger charge is -2.09. The summed E-state index contributed by atoms with van der Waals surface area (Å²) in [7, 11) is 1.51. The zero-order valence-corrected chi connectivity index (χ0v) is 10.0. The fourth-order valence-electron chi connectivity index (χ4n) is 1.41. The molecule has 94 valence electrons. The molecular weight excluding hydrogens is 236 g/mol. The lowest BCUT2D eigenvalue weighted by molar-refractivity contribution is 0.112. The van der Waals surface area contributed by atoms with Gasteiger partial charge in [0.2, 0.25) is 5.89 Å². The summed E-state index contributed by atoms with van der Waals surface area (Å²) in [6.07, 6.45) is 0.744. The van der Waals surface area contributed by atoms with Crippen molar-refractivity contribution in [2.24, 2.45) is 0 Å². The first-order valence-electron chi connectivity index (χ1n) is 5.28.